The number of fused-ring (bicyclic) bond motifs is 6. The monoisotopic (exact) mass is 610 g/mol. The first kappa shape index (κ1) is 28.0. The Labute approximate surface area is 284 Å². The smallest absolute Gasteiger partial charge is 0.0686 e. The van der Waals surface area contributed by atoms with Crippen molar-refractivity contribution in [3.05, 3.63) is 168 Å². The lowest BCUT2D eigenvalue weighted by Gasteiger charge is -2.41. The van der Waals surface area contributed by atoms with Gasteiger partial charge in [-0.3, -0.25) is 0 Å². The van der Waals surface area contributed by atoms with Gasteiger partial charge in [0, 0.05) is 10.8 Å². The van der Waals surface area contributed by atoms with E-state index in [1.807, 2.05) is 0 Å². The topological polar surface area (TPSA) is 0 Å². The van der Waals surface area contributed by atoms with E-state index < -0.39 is 0 Å². The molecule has 0 atom stereocenters. The Morgan fingerprint density at radius 3 is 1.17 bits per heavy atom. The standard InChI is InChI=1S/C46H36B2/c1-45(2)35-19-11-13-21-37(35)47(31-15-7-5-8-16-31)39-27-29-24-26-34-42-30(23-25-33(41(29)42)43(39)45)28-40-44(34)46(3,4)36-20-12-14-22-38(36)48(40)32-17-9-6-10-18-32/h5-28H,1-4H3. The van der Waals surface area contributed by atoms with E-state index in [0.717, 1.165) is 0 Å². The minimum atomic E-state index is -0.143. The molecule has 8 aromatic rings. The van der Waals surface area contributed by atoms with Crippen LogP contribution < -0.4 is 32.8 Å². The zero-order chi connectivity index (χ0) is 32.4. The minimum Gasteiger partial charge on any atom is -0.0686 e. The van der Waals surface area contributed by atoms with Gasteiger partial charge in [-0.1, -0.05) is 206 Å². The number of hydrogen-bond acceptors (Lipinski definition) is 0. The van der Waals surface area contributed by atoms with Gasteiger partial charge >= 0.3 is 0 Å². The summed E-state index contributed by atoms with van der Waals surface area (Å²) in [7, 11) is 0. The van der Waals surface area contributed by atoms with Gasteiger partial charge in [0.05, 0.1) is 0 Å². The molecule has 2 heterocycles. The molecule has 48 heavy (non-hydrogen) atoms. The quantitative estimate of drug-likeness (QED) is 0.148. The van der Waals surface area contributed by atoms with Crippen molar-refractivity contribution < 1.29 is 0 Å². The lowest BCUT2D eigenvalue weighted by molar-refractivity contribution is 0.651. The van der Waals surface area contributed by atoms with E-state index in [9.17, 15) is 0 Å². The molecule has 0 radical (unpaired) electrons. The van der Waals surface area contributed by atoms with Gasteiger partial charge in [0.2, 0.25) is 13.4 Å². The van der Waals surface area contributed by atoms with E-state index >= 15 is 0 Å². The highest BCUT2D eigenvalue weighted by Crippen LogP contribution is 2.45. The van der Waals surface area contributed by atoms with Gasteiger partial charge in [-0.2, -0.15) is 0 Å². The molecule has 0 aromatic heterocycles. The van der Waals surface area contributed by atoms with E-state index in [-0.39, 0.29) is 24.3 Å². The van der Waals surface area contributed by atoms with Crippen LogP contribution in [0.15, 0.2) is 146 Å². The molecule has 2 aliphatic heterocycles. The van der Waals surface area contributed by atoms with Gasteiger partial charge < -0.3 is 0 Å². The minimum absolute atomic E-state index is 0.143. The molecule has 2 aliphatic rings. The van der Waals surface area contributed by atoms with Crippen molar-refractivity contribution in [3.8, 4) is 0 Å². The van der Waals surface area contributed by atoms with E-state index in [0.29, 0.717) is 0 Å². The SMILES string of the molecule is CC1(C)c2ccccc2B(c2ccccc2)c2cc3ccc4c5c(cc6ccc(c21)c3c64)B(c1ccccc1)c1ccccc1C5(C)C. The van der Waals surface area contributed by atoms with Crippen molar-refractivity contribution in [2.45, 2.75) is 38.5 Å². The summed E-state index contributed by atoms with van der Waals surface area (Å²) in [6.07, 6.45) is 0. The zero-order valence-corrected chi connectivity index (χ0v) is 28.0. The lowest BCUT2D eigenvalue weighted by Crippen LogP contribution is -2.60. The number of hydrogen-bond donors (Lipinski definition) is 0. The molecule has 0 bridgehead atoms. The fourth-order valence-corrected chi connectivity index (χ4v) is 10.1. The molecule has 0 fully saturated rings. The van der Waals surface area contributed by atoms with Crippen LogP contribution >= 0.6 is 0 Å². The highest BCUT2D eigenvalue weighted by atomic mass is 14.4. The van der Waals surface area contributed by atoms with Crippen molar-refractivity contribution in [2.75, 3.05) is 0 Å². The Morgan fingerprint density at radius 2 is 0.750 bits per heavy atom. The largest absolute Gasteiger partial charge is 0.242 e. The van der Waals surface area contributed by atoms with Gasteiger partial charge in [0.15, 0.2) is 0 Å². The summed E-state index contributed by atoms with van der Waals surface area (Å²) >= 11 is 0. The van der Waals surface area contributed by atoms with E-state index in [1.165, 1.54) is 87.3 Å². The summed E-state index contributed by atoms with van der Waals surface area (Å²) in [4.78, 5) is 0. The van der Waals surface area contributed by atoms with Gasteiger partial charge in [0.1, 0.15) is 0 Å². The first-order valence-corrected chi connectivity index (χ1v) is 17.4. The first-order valence-electron chi connectivity index (χ1n) is 17.4. The molecule has 0 unspecified atom stereocenters. The predicted octanol–water partition coefficient (Wildman–Crippen LogP) is 6.90. The molecular formula is C46H36B2. The maximum atomic E-state index is 2.54. The van der Waals surface area contributed by atoms with Crippen LogP contribution in [0.3, 0.4) is 0 Å². The second kappa shape index (κ2) is 9.74. The maximum Gasteiger partial charge on any atom is 0.242 e. The van der Waals surface area contributed by atoms with Gasteiger partial charge in [0.25, 0.3) is 0 Å². The van der Waals surface area contributed by atoms with Crippen molar-refractivity contribution in [3.63, 3.8) is 0 Å². The third kappa shape index (κ3) is 3.58. The third-order valence-corrected chi connectivity index (χ3v) is 12.0. The Hall–Kier alpha value is -5.07. The maximum absolute atomic E-state index is 2.54. The second-order valence-electron chi connectivity index (χ2n) is 15.2. The predicted molar refractivity (Wildman–Crippen MR) is 209 cm³/mol. The van der Waals surface area contributed by atoms with Crippen LogP contribution in [0.1, 0.15) is 49.9 Å². The Bertz CT molecular complexity index is 2380. The molecule has 0 saturated carbocycles. The summed E-state index contributed by atoms with van der Waals surface area (Å²) < 4.78 is 0. The second-order valence-corrected chi connectivity index (χ2v) is 15.2. The molecule has 0 aliphatic carbocycles. The molecule has 0 amide bonds. The third-order valence-electron chi connectivity index (χ3n) is 12.0. The van der Waals surface area contributed by atoms with Gasteiger partial charge in [-0.25, -0.2) is 0 Å². The van der Waals surface area contributed by atoms with Crippen molar-refractivity contribution in [1.82, 2.24) is 0 Å². The number of benzene rings is 8. The van der Waals surface area contributed by atoms with E-state index in [1.54, 1.807) is 0 Å². The summed E-state index contributed by atoms with van der Waals surface area (Å²) in [6.45, 7) is 10.2. The van der Waals surface area contributed by atoms with Crippen LogP contribution in [0, 0.1) is 0 Å². The Morgan fingerprint density at radius 1 is 0.375 bits per heavy atom. The lowest BCUT2D eigenvalue weighted by atomic mass is 9.31. The summed E-state index contributed by atoms with van der Waals surface area (Å²) in [5.74, 6) is 0. The van der Waals surface area contributed by atoms with Crippen molar-refractivity contribution >= 4 is 78.5 Å². The summed E-state index contributed by atoms with van der Waals surface area (Å²) in [6, 6.07) is 55.4. The van der Waals surface area contributed by atoms with Crippen LogP contribution in [-0.2, 0) is 10.8 Å². The fraction of sp³-hybridized carbons (Fsp3) is 0.130. The van der Waals surface area contributed by atoms with E-state index in [2.05, 4.69) is 173 Å². The molecule has 0 saturated heterocycles. The average molecular weight is 610 g/mol. The molecule has 0 nitrogen and oxygen atoms in total. The highest BCUT2D eigenvalue weighted by molar-refractivity contribution is 6.97. The van der Waals surface area contributed by atoms with Crippen LogP contribution in [0.2, 0.25) is 0 Å². The Kier molecular flexibility index (Phi) is 5.68. The number of rotatable bonds is 2. The van der Waals surface area contributed by atoms with E-state index in [4.69, 9.17) is 0 Å². The summed E-state index contributed by atoms with van der Waals surface area (Å²) in [5, 5.41) is 8.30. The molecule has 226 valence electrons. The average Bonchev–Trinajstić information content (AvgIpc) is 3.11. The fourth-order valence-electron chi connectivity index (χ4n) is 10.1. The van der Waals surface area contributed by atoms with Crippen molar-refractivity contribution in [1.29, 1.82) is 0 Å². The van der Waals surface area contributed by atoms with Crippen LogP contribution in [0.25, 0.3) is 32.3 Å². The highest BCUT2D eigenvalue weighted by Gasteiger charge is 2.43. The normalized spacial score (nSPS) is 15.8. The molecule has 10 rings (SSSR count). The van der Waals surface area contributed by atoms with Crippen LogP contribution in [-0.4, -0.2) is 13.4 Å². The first-order chi connectivity index (χ1) is 23.4. The molecular weight excluding hydrogens is 574 g/mol. The van der Waals surface area contributed by atoms with Crippen LogP contribution in [0.4, 0.5) is 0 Å². The van der Waals surface area contributed by atoms with Crippen molar-refractivity contribution in [2.24, 2.45) is 0 Å². The molecule has 2 heteroatoms. The molecule has 0 spiro atoms. The van der Waals surface area contributed by atoms with Gasteiger partial charge in [-0.05, 0) is 54.6 Å². The van der Waals surface area contributed by atoms with Crippen LogP contribution in [0.5, 0.6) is 0 Å². The summed E-state index contributed by atoms with van der Waals surface area (Å²) in [5.41, 5.74) is 14.0. The Balaban J connectivity index is 1.33. The zero-order valence-electron chi connectivity index (χ0n) is 28.0. The van der Waals surface area contributed by atoms with Gasteiger partial charge in [-0.15, -0.1) is 0 Å². The molecule has 8 aromatic carbocycles. The molecule has 0 N–H and O–H groups in total.